The number of hydrogen-bond acceptors (Lipinski definition) is 15. The number of carboxylic acid groups (broad SMARTS) is 1. The lowest BCUT2D eigenvalue weighted by Crippen LogP contribution is -2.48. The fourth-order valence-electron chi connectivity index (χ4n) is 5.34. The number of nitrogens with one attached hydrogen (secondary N) is 2. The molecule has 19 nitrogen and oxygen atoms in total. The molecule has 0 saturated carbocycles. The summed E-state index contributed by atoms with van der Waals surface area (Å²) in [6.07, 6.45) is -1.60. The first-order valence-corrected chi connectivity index (χ1v) is 18.8. The maximum absolute atomic E-state index is 13.6. The fraction of sp³-hybridized carbons (Fsp3) is 0.400. The number of aldehydes is 1. The zero-order chi connectivity index (χ0) is 43.3. The topological polar surface area (TPSA) is 275 Å². The normalized spacial score (nSPS) is 13.0. The third-order valence-corrected chi connectivity index (χ3v) is 8.61. The molecule has 0 radical (unpaired) electrons. The zero-order valence-corrected chi connectivity index (χ0v) is 33.0. The molecule has 0 fully saturated rings. The minimum Gasteiger partial charge on any atom is -0.479 e. The summed E-state index contributed by atoms with van der Waals surface area (Å²) < 4.78 is 12.1. The predicted molar refractivity (Wildman–Crippen MR) is 216 cm³/mol. The van der Waals surface area contributed by atoms with Crippen LogP contribution in [-0.4, -0.2) is 121 Å². The Hall–Kier alpha value is -6.28. The number of imidazole rings is 1. The van der Waals surface area contributed by atoms with Crippen LogP contribution in [0.2, 0.25) is 0 Å². The number of aliphatic hydroxyl groups excluding tert-OH is 4. The molecule has 0 aliphatic rings. The Morgan fingerprint density at radius 1 is 0.949 bits per heavy atom. The van der Waals surface area contributed by atoms with E-state index in [2.05, 4.69) is 27.8 Å². The number of benzene rings is 2. The van der Waals surface area contributed by atoms with Crippen molar-refractivity contribution >= 4 is 59.0 Å². The average molecular weight is 822 g/mol. The highest BCUT2D eigenvalue weighted by atomic mass is 16.6. The Morgan fingerprint density at radius 2 is 1.69 bits per heavy atom. The third-order valence-electron chi connectivity index (χ3n) is 8.61. The van der Waals surface area contributed by atoms with E-state index in [1.54, 1.807) is 49.7 Å². The quantitative estimate of drug-likeness (QED) is 0.0209. The van der Waals surface area contributed by atoms with Crippen LogP contribution >= 0.6 is 0 Å². The Kier molecular flexibility index (Phi) is 19.5. The molecule has 2 aromatic carbocycles. The molecule has 0 bridgehead atoms. The van der Waals surface area contributed by atoms with E-state index < -0.39 is 36.5 Å². The summed E-state index contributed by atoms with van der Waals surface area (Å²) in [4.78, 5) is 67.9. The monoisotopic (exact) mass is 821 g/mol. The van der Waals surface area contributed by atoms with Gasteiger partial charge in [0.2, 0.25) is 0 Å². The summed E-state index contributed by atoms with van der Waals surface area (Å²) >= 11 is 0. The third kappa shape index (κ3) is 14.9. The number of anilines is 2. The van der Waals surface area contributed by atoms with Crippen molar-refractivity contribution in [2.45, 2.75) is 76.9 Å². The molecule has 7 N–H and O–H groups in total. The van der Waals surface area contributed by atoms with Gasteiger partial charge >= 0.3 is 18.0 Å². The Labute approximate surface area is 340 Å². The molecule has 4 atom stereocenters. The fourth-order valence-corrected chi connectivity index (χ4v) is 5.34. The summed E-state index contributed by atoms with van der Waals surface area (Å²) in [6.45, 7) is 5.13. The van der Waals surface area contributed by atoms with Gasteiger partial charge in [0, 0.05) is 31.0 Å². The minimum absolute atomic E-state index is 0.0519. The minimum atomic E-state index is -2.25. The van der Waals surface area contributed by atoms with Crippen molar-refractivity contribution in [3.8, 4) is 0 Å². The van der Waals surface area contributed by atoms with E-state index in [9.17, 15) is 24.0 Å². The SMILES string of the molecule is CCCCCCOC(=O)N/N=C/c1ccc(NCc2nc3cc(C(=O)N(CCC(=O)OCC)c4ccccn4)ccc3n2C)cc1.O=C[C@H](O)[C@@H](O)[C@H](O)[C@H](O)C(=O)O. The smallest absolute Gasteiger partial charge is 0.427 e. The Morgan fingerprint density at radius 3 is 2.34 bits per heavy atom. The number of aryl methyl sites for hydroxylation is 1. The number of nitrogens with zero attached hydrogens (tertiary/aromatic N) is 5. The molecule has 0 saturated heterocycles. The molecule has 318 valence electrons. The van der Waals surface area contributed by atoms with Gasteiger partial charge < -0.3 is 49.7 Å². The second kappa shape index (κ2) is 24.5. The van der Waals surface area contributed by atoms with Gasteiger partial charge in [-0.1, -0.05) is 44.4 Å². The van der Waals surface area contributed by atoms with Crippen molar-refractivity contribution in [3.05, 3.63) is 83.8 Å². The van der Waals surface area contributed by atoms with Gasteiger partial charge in [-0.05, 0) is 61.4 Å². The number of aliphatic carboxylic acids is 1. The number of ether oxygens (including phenoxy) is 2. The maximum Gasteiger partial charge on any atom is 0.427 e. The molecule has 4 aromatic rings. The lowest BCUT2D eigenvalue weighted by atomic mass is 10.0. The van der Waals surface area contributed by atoms with Gasteiger partial charge in [0.15, 0.2) is 12.4 Å². The number of rotatable bonds is 21. The van der Waals surface area contributed by atoms with Gasteiger partial charge in [0.05, 0.1) is 43.4 Å². The largest absolute Gasteiger partial charge is 0.479 e. The molecule has 0 spiro atoms. The number of aromatic nitrogens is 3. The van der Waals surface area contributed by atoms with Crippen molar-refractivity contribution in [2.75, 3.05) is 30.0 Å². The Balaban J connectivity index is 0.000000615. The van der Waals surface area contributed by atoms with Gasteiger partial charge in [-0.2, -0.15) is 5.10 Å². The molecular weight excluding hydrogens is 770 g/mol. The number of carbonyl (C=O) groups excluding carboxylic acids is 4. The molecule has 2 heterocycles. The van der Waals surface area contributed by atoms with Crippen molar-refractivity contribution in [2.24, 2.45) is 12.1 Å². The lowest BCUT2D eigenvalue weighted by molar-refractivity contribution is -0.163. The van der Waals surface area contributed by atoms with Crippen LogP contribution in [0.4, 0.5) is 16.3 Å². The van der Waals surface area contributed by atoms with Gasteiger partial charge in [-0.15, -0.1) is 0 Å². The summed E-state index contributed by atoms with van der Waals surface area (Å²) in [5.74, 6) is -1.18. The lowest BCUT2D eigenvalue weighted by Gasteiger charge is -2.21. The molecular formula is C40H51N7O12. The summed E-state index contributed by atoms with van der Waals surface area (Å²) in [5.41, 5.74) is 6.07. The van der Waals surface area contributed by atoms with Crippen LogP contribution < -0.4 is 15.6 Å². The van der Waals surface area contributed by atoms with E-state index in [-0.39, 0.29) is 37.7 Å². The van der Waals surface area contributed by atoms with E-state index in [0.717, 1.165) is 48.3 Å². The van der Waals surface area contributed by atoms with Crippen molar-refractivity contribution in [1.29, 1.82) is 0 Å². The molecule has 0 aliphatic heterocycles. The van der Waals surface area contributed by atoms with Crippen molar-refractivity contribution < 1.29 is 59.0 Å². The van der Waals surface area contributed by atoms with Crippen LogP contribution in [0.25, 0.3) is 11.0 Å². The average Bonchev–Trinajstić information content (AvgIpc) is 3.56. The number of pyridine rings is 1. The molecule has 0 aliphatic carbocycles. The van der Waals surface area contributed by atoms with Gasteiger partial charge in [0.1, 0.15) is 30.0 Å². The molecule has 4 rings (SSSR count). The number of esters is 1. The number of hydrogen-bond donors (Lipinski definition) is 7. The number of hydrazone groups is 1. The zero-order valence-electron chi connectivity index (χ0n) is 33.0. The van der Waals surface area contributed by atoms with Gasteiger partial charge in [-0.3, -0.25) is 14.5 Å². The van der Waals surface area contributed by atoms with Crippen LogP contribution in [0.1, 0.15) is 67.7 Å². The Bertz CT molecular complexity index is 1990. The number of carbonyl (C=O) groups is 5. The highest BCUT2D eigenvalue weighted by molar-refractivity contribution is 6.07. The molecule has 2 aromatic heterocycles. The number of unbranched alkanes of at least 4 members (excludes halogenated alkanes) is 3. The van der Waals surface area contributed by atoms with E-state index in [4.69, 9.17) is 40.0 Å². The number of aliphatic hydroxyl groups is 4. The molecule has 19 heteroatoms. The summed E-state index contributed by atoms with van der Waals surface area (Å²) in [7, 11) is 1.93. The van der Waals surface area contributed by atoms with E-state index >= 15 is 0 Å². The first kappa shape index (κ1) is 47.1. The highest BCUT2D eigenvalue weighted by Crippen LogP contribution is 2.21. The van der Waals surface area contributed by atoms with E-state index in [0.29, 0.717) is 30.0 Å². The van der Waals surface area contributed by atoms with E-state index in [1.807, 2.05) is 41.9 Å². The summed E-state index contributed by atoms with van der Waals surface area (Å²) in [6, 6.07) is 18.3. The van der Waals surface area contributed by atoms with Gasteiger partial charge in [0.25, 0.3) is 5.91 Å². The van der Waals surface area contributed by atoms with Crippen LogP contribution in [-0.2, 0) is 37.4 Å². The summed E-state index contributed by atoms with van der Waals surface area (Å²) in [5, 5.41) is 50.5. The van der Waals surface area contributed by atoms with Gasteiger partial charge in [-0.25, -0.2) is 25.0 Å². The van der Waals surface area contributed by atoms with Crippen LogP contribution in [0.3, 0.4) is 0 Å². The van der Waals surface area contributed by atoms with Crippen molar-refractivity contribution in [3.63, 3.8) is 0 Å². The molecule has 59 heavy (non-hydrogen) atoms. The standard InChI is InChI=1S/C34H41N7O5.C6H10O7/c1-4-6-7-10-21-46-34(44)39-37-23-25-12-15-27(16-13-25)36-24-31-38-28-22-26(14-17-29(28)40(31)3)33(43)41(20-18-32(42)45-5-2)30-11-8-9-19-35-30;7-1-2(8)3(9)4(10)5(11)6(12)13/h8-9,11-17,19,22-23,36H,4-7,10,18,20-21,24H2,1-3H3,(H,39,44);1-5,8-11H,(H,12,13)/b37-23+;/t;2-,3+,4-,5-/m.0/s1. The second-order valence-electron chi connectivity index (χ2n) is 12.9. The van der Waals surface area contributed by atoms with Crippen LogP contribution in [0.5, 0.6) is 0 Å². The molecule has 2 amide bonds. The first-order valence-electron chi connectivity index (χ1n) is 18.8. The second-order valence-corrected chi connectivity index (χ2v) is 12.9. The number of amides is 2. The highest BCUT2D eigenvalue weighted by Gasteiger charge is 2.34. The molecule has 0 unspecified atom stereocenters. The maximum atomic E-state index is 13.6. The van der Waals surface area contributed by atoms with Crippen LogP contribution in [0, 0.1) is 0 Å². The number of fused-ring (bicyclic) bond motifs is 1. The van der Waals surface area contributed by atoms with Crippen LogP contribution in [0.15, 0.2) is 72.0 Å². The predicted octanol–water partition coefficient (Wildman–Crippen LogP) is 2.53. The first-order chi connectivity index (χ1) is 28.3. The van der Waals surface area contributed by atoms with E-state index in [1.165, 1.54) is 4.90 Å². The number of carboxylic acids is 1. The van der Waals surface area contributed by atoms with Crippen molar-refractivity contribution in [1.82, 2.24) is 20.0 Å².